The maximum Gasteiger partial charge on any atom is 0.319 e. The number of urea groups is 1. The molecule has 0 spiro atoms. The van der Waals surface area contributed by atoms with Crippen LogP contribution in [0.3, 0.4) is 0 Å². The van der Waals surface area contributed by atoms with Gasteiger partial charge in [-0.2, -0.15) is 0 Å². The first-order valence-electron chi connectivity index (χ1n) is 8.45. The summed E-state index contributed by atoms with van der Waals surface area (Å²) in [5.41, 5.74) is 2.42. The fourth-order valence-corrected chi connectivity index (χ4v) is 3.47. The lowest BCUT2D eigenvalue weighted by Gasteiger charge is -2.36. The van der Waals surface area contributed by atoms with E-state index < -0.39 is 0 Å². The number of aryl methyl sites for hydroxylation is 2. The predicted molar refractivity (Wildman–Crippen MR) is 89.8 cm³/mol. The summed E-state index contributed by atoms with van der Waals surface area (Å²) in [5, 5.41) is 8.82. The lowest BCUT2D eigenvalue weighted by Crippen LogP contribution is -2.60. The highest BCUT2D eigenvalue weighted by Crippen LogP contribution is 2.22. The van der Waals surface area contributed by atoms with Crippen molar-refractivity contribution in [3.05, 3.63) is 23.5 Å². The molecule has 1 unspecified atom stereocenters. The fraction of sp³-hybridized carbons (Fsp3) is 0.588. The van der Waals surface area contributed by atoms with E-state index >= 15 is 0 Å². The van der Waals surface area contributed by atoms with Crippen LogP contribution in [0.2, 0.25) is 0 Å². The molecule has 0 saturated carbocycles. The molecule has 3 rings (SSSR count). The number of rotatable bonds is 3. The number of hydrogen-bond donors (Lipinski definition) is 3. The third-order valence-corrected chi connectivity index (χ3v) is 4.46. The molecule has 0 radical (unpaired) electrons. The number of amides is 3. The van der Waals surface area contributed by atoms with Crippen molar-refractivity contribution in [1.82, 2.24) is 15.6 Å². The van der Waals surface area contributed by atoms with Gasteiger partial charge in [-0.05, 0) is 45.2 Å². The van der Waals surface area contributed by atoms with Crippen molar-refractivity contribution < 1.29 is 14.3 Å². The highest BCUT2D eigenvalue weighted by Gasteiger charge is 2.37. The van der Waals surface area contributed by atoms with E-state index in [0.29, 0.717) is 25.1 Å². The van der Waals surface area contributed by atoms with Gasteiger partial charge in [0, 0.05) is 30.1 Å². The van der Waals surface area contributed by atoms with Crippen molar-refractivity contribution in [1.29, 1.82) is 0 Å². The maximum absolute atomic E-state index is 12.3. The van der Waals surface area contributed by atoms with E-state index in [4.69, 9.17) is 4.74 Å². The summed E-state index contributed by atoms with van der Waals surface area (Å²) in [4.78, 5) is 28.4. The van der Waals surface area contributed by atoms with Crippen molar-refractivity contribution in [2.45, 2.75) is 57.7 Å². The fourth-order valence-electron chi connectivity index (χ4n) is 3.47. The number of nitrogens with zero attached hydrogens (tertiary/aromatic N) is 1. The zero-order valence-electron chi connectivity index (χ0n) is 14.1. The molecular formula is C17H24N4O3. The highest BCUT2D eigenvalue weighted by molar-refractivity contribution is 5.89. The van der Waals surface area contributed by atoms with Crippen LogP contribution in [0, 0.1) is 13.8 Å². The molecule has 2 saturated heterocycles. The van der Waals surface area contributed by atoms with Crippen LogP contribution in [0.1, 0.15) is 37.1 Å². The smallest absolute Gasteiger partial charge is 0.319 e. The Morgan fingerprint density at radius 1 is 1.29 bits per heavy atom. The minimum atomic E-state index is -0.274. The van der Waals surface area contributed by atoms with Crippen LogP contribution in [0.25, 0.3) is 0 Å². The molecule has 3 N–H and O–H groups in total. The summed E-state index contributed by atoms with van der Waals surface area (Å²) in [6.07, 6.45) is 2.92. The zero-order valence-corrected chi connectivity index (χ0v) is 14.1. The Hall–Kier alpha value is -2.15. The number of piperidine rings is 1. The van der Waals surface area contributed by atoms with Gasteiger partial charge < -0.3 is 20.7 Å². The number of nitrogens with one attached hydrogen (secondary N) is 3. The molecule has 24 heavy (non-hydrogen) atoms. The molecular weight excluding hydrogens is 308 g/mol. The number of ether oxygens (including phenoxy) is 1. The predicted octanol–water partition coefficient (Wildman–Crippen LogP) is 1.65. The Labute approximate surface area is 141 Å². The van der Waals surface area contributed by atoms with Crippen LogP contribution in [-0.2, 0) is 9.53 Å². The van der Waals surface area contributed by atoms with Crippen molar-refractivity contribution in [3.8, 4) is 0 Å². The van der Waals surface area contributed by atoms with Crippen LogP contribution in [0.4, 0.5) is 10.5 Å². The number of carbonyl (C=O) groups excluding carboxylic acids is 2. The van der Waals surface area contributed by atoms with Gasteiger partial charge in [0.05, 0.1) is 18.2 Å². The van der Waals surface area contributed by atoms with E-state index in [1.807, 2.05) is 26.0 Å². The molecule has 2 aliphatic heterocycles. The minimum Gasteiger partial charge on any atom is -0.376 e. The van der Waals surface area contributed by atoms with Crippen molar-refractivity contribution in [3.63, 3.8) is 0 Å². The van der Waals surface area contributed by atoms with Gasteiger partial charge in [0.2, 0.25) is 5.91 Å². The van der Waals surface area contributed by atoms with Gasteiger partial charge in [-0.1, -0.05) is 0 Å². The lowest BCUT2D eigenvalue weighted by atomic mass is 9.92. The summed E-state index contributed by atoms with van der Waals surface area (Å²) >= 11 is 0. The molecule has 1 aromatic heterocycles. The zero-order chi connectivity index (χ0) is 17.1. The highest BCUT2D eigenvalue weighted by atomic mass is 16.5. The van der Waals surface area contributed by atoms with Crippen LogP contribution < -0.4 is 16.0 Å². The number of aromatic nitrogens is 1. The standard InChI is InChI=1S/C17H24N4O3/c1-10-8-12(9-11(2)18-10)19-17(23)20-13-5-6-15(22)21-16(13)14-4-3-7-24-14/h8-9,13-14,16H,3-7H2,1-2H3,(H,21,22)(H2,18,19,20,23)/t13-,14?,16-/m1/s1. The second-order valence-corrected chi connectivity index (χ2v) is 6.53. The number of pyridine rings is 1. The normalized spacial score (nSPS) is 26.8. The van der Waals surface area contributed by atoms with Crippen LogP contribution in [0.5, 0.6) is 0 Å². The van der Waals surface area contributed by atoms with Crippen LogP contribution >= 0.6 is 0 Å². The van der Waals surface area contributed by atoms with E-state index in [1.165, 1.54) is 0 Å². The average molecular weight is 332 g/mol. The third kappa shape index (κ3) is 4.03. The summed E-state index contributed by atoms with van der Waals surface area (Å²) < 4.78 is 5.71. The molecule has 3 atom stereocenters. The van der Waals surface area contributed by atoms with Gasteiger partial charge in [0.15, 0.2) is 0 Å². The molecule has 0 aliphatic carbocycles. The summed E-state index contributed by atoms with van der Waals surface area (Å²) in [6.45, 7) is 4.49. The molecule has 0 bridgehead atoms. The topological polar surface area (TPSA) is 92.4 Å². The summed E-state index contributed by atoms with van der Waals surface area (Å²) in [5.74, 6) is 0.0225. The van der Waals surface area contributed by atoms with Gasteiger partial charge in [-0.3, -0.25) is 9.78 Å². The molecule has 2 aliphatic rings. The monoisotopic (exact) mass is 332 g/mol. The van der Waals surface area contributed by atoms with Gasteiger partial charge in [0.1, 0.15) is 0 Å². The minimum absolute atomic E-state index is 0.0225. The van der Waals surface area contributed by atoms with Gasteiger partial charge in [-0.15, -0.1) is 0 Å². The second kappa shape index (κ2) is 7.17. The molecule has 7 heteroatoms. The number of carbonyl (C=O) groups is 2. The molecule has 7 nitrogen and oxygen atoms in total. The Morgan fingerprint density at radius 2 is 2.04 bits per heavy atom. The quantitative estimate of drug-likeness (QED) is 0.785. The number of anilines is 1. The van der Waals surface area contributed by atoms with Crippen LogP contribution in [-0.4, -0.2) is 41.7 Å². The Balaban J connectivity index is 1.63. The van der Waals surface area contributed by atoms with E-state index in [0.717, 1.165) is 24.2 Å². The first kappa shape index (κ1) is 16.7. The van der Waals surface area contributed by atoms with Crippen LogP contribution in [0.15, 0.2) is 12.1 Å². The van der Waals surface area contributed by atoms with Gasteiger partial charge >= 0.3 is 6.03 Å². The Morgan fingerprint density at radius 3 is 2.71 bits per heavy atom. The van der Waals surface area contributed by atoms with E-state index in [2.05, 4.69) is 20.9 Å². The lowest BCUT2D eigenvalue weighted by molar-refractivity contribution is -0.125. The van der Waals surface area contributed by atoms with E-state index in [-0.39, 0.29) is 30.1 Å². The van der Waals surface area contributed by atoms with Crippen molar-refractivity contribution in [2.24, 2.45) is 0 Å². The summed E-state index contributed by atoms with van der Waals surface area (Å²) in [6, 6.07) is 3.08. The molecule has 130 valence electrons. The summed E-state index contributed by atoms with van der Waals surface area (Å²) in [7, 11) is 0. The SMILES string of the molecule is Cc1cc(NC(=O)N[C@@H]2CCC(=O)N[C@H]2C2CCCO2)cc(C)n1. The molecule has 3 amide bonds. The Bertz CT molecular complexity index is 608. The van der Waals surface area contributed by atoms with Crippen molar-refractivity contribution in [2.75, 3.05) is 11.9 Å². The first-order chi connectivity index (χ1) is 11.5. The number of hydrogen-bond acceptors (Lipinski definition) is 4. The molecule has 1 aromatic rings. The third-order valence-electron chi connectivity index (χ3n) is 4.46. The molecule has 0 aromatic carbocycles. The second-order valence-electron chi connectivity index (χ2n) is 6.53. The van der Waals surface area contributed by atoms with Crippen molar-refractivity contribution >= 4 is 17.6 Å². The molecule has 2 fully saturated rings. The van der Waals surface area contributed by atoms with E-state index in [1.54, 1.807) is 0 Å². The molecule has 3 heterocycles. The van der Waals surface area contributed by atoms with Gasteiger partial charge in [0.25, 0.3) is 0 Å². The first-order valence-corrected chi connectivity index (χ1v) is 8.45. The van der Waals surface area contributed by atoms with Gasteiger partial charge in [-0.25, -0.2) is 4.79 Å². The maximum atomic E-state index is 12.3. The average Bonchev–Trinajstić information content (AvgIpc) is 3.02. The Kier molecular flexibility index (Phi) is 4.99. The largest absolute Gasteiger partial charge is 0.376 e. The van der Waals surface area contributed by atoms with E-state index in [9.17, 15) is 9.59 Å².